The average molecular weight is 243 g/mol. The van der Waals surface area contributed by atoms with E-state index in [0.29, 0.717) is 6.29 Å². The first-order valence-electron chi connectivity index (χ1n) is 4.99. The number of aldehydes is 1. The zero-order valence-electron chi connectivity index (χ0n) is 10.4. The highest BCUT2D eigenvalue weighted by Gasteiger charge is 2.20. The minimum atomic E-state index is -0.704. The van der Waals surface area contributed by atoms with Crippen molar-refractivity contribution < 1.29 is 23.9 Å². The zero-order chi connectivity index (χ0) is 13.5. The molecule has 0 saturated carbocycles. The molecule has 0 aliphatic rings. The molecule has 6 nitrogen and oxygen atoms in total. The quantitative estimate of drug-likeness (QED) is 0.420. The maximum atomic E-state index is 11.6. The summed E-state index contributed by atoms with van der Waals surface area (Å²) >= 11 is 0. The van der Waals surface area contributed by atoms with Crippen LogP contribution in [-0.2, 0) is 19.1 Å². The number of ether oxygens (including phenoxy) is 2. The van der Waals surface area contributed by atoms with Gasteiger partial charge in [-0.2, -0.15) is 0 Å². The third-order valence-electron chi connectivity index (χ3n) is 1.49. The molecule has 0 aromatic heterocycles. The Labute approximate surface area is 100 Å². The van der Waals surface area contributed by atoms with Crippen LogP contribution in [0.1, 0.15) is 20.8 Å². The molecule has 17 heavy (non-hydrogen) atoms. The van der Waals surface area contributed by atoms with E-state index in [1.54, 1.807) is 20.8 Å². The normalized spacial score (nSPS) is 11.1. The van der Waals surface area contributed by atoms with Gasteiger partial charge in [0.25, 0.3) is 0 Å². The fourth-order valence-electron chi connectivity index (χ4n) is 0.816. The molecule has 0 aliphatic carbocycles. The highest BCUT2D eigenvalue weighted by molar-refractivity contribution is 5.83. The van der Waals surface area contributed by atoms with Crippen molar-refractivity contribution in [3.8, 4) is 0 Å². The summed E-state index contributed by atoms with van der Waals surface area (Å²) in [5.41, 5.74) is -0.669. The highest BCUT2D eigenvalue weighted by Crippen LogP contribution is 2.09. The summed E-state index contributed by atoms with van der Waals surface area (Å²) < 4.78 is 9.41. The first-order valence-corrected chi connectivity index (χ1v) is 4.99. The Kier molecular flexibility index (Phi) is 5.95. The first-order chi connectivity index (χ1) is 7.80. The molecule has 0 bridgehead atoms. The standard InChI is InChI=1S/C11H17NO5/c1-11(2,3)17-10(15)12(7-8-13)6-5-9(14)16-4/h5-6,8H,7H2,1-4H3/b6-5+. The van der Waals surface area contributed by atoms with E-state index in [0.717, 1.165) is 17.2 Å². The predicted octanol–water partition coefficient (Wildman–Crippen LogP) is 1.11. The molecule has 0 heterocycles. The van der Waals surface area contributed by atoms with Gasteiger partial charge in [-0.25, -0.2) is 9.59 Å². The molecule has 0 fully saturated rings. The highest BCUT2D eigenvalue weighted by atomic mass is 16.6. The number of methoxy groups -OCH3 is 1. The lowest BCUT2D eigenvalue weighted by Crippen LogP contribution is -2.34. The van der Waals surface area contributed by atoms with Crippen LogP contribution in [-0.4, -0.2) is 42.5 Å². The largest absolute Gasteiger partial charge is 0.466 e. The van der Waals surface area contributed by atoms with Crippen molar-refractivity contribution in [2.24, 2.45) is 0 Å². The van der Waals surface area contributed by atoms with Gasteiger partial charge in [-0.1, -0.05) is 0 Å². The van der Waals surface area contributed by atoms with Crippen molar-refractivity contribution in [2.75, 3.05) is 13.7 Å². The summed E-state index contributed by atoms with van der Waals surface area (Å²) in [4.78, 5) is 33.8. The molecule has 0 aromatic carbocycles. The number of carbonyl (C=O) groups excluding carboxylic acids is 3. The summed E-state index contributed by atoms with van der Waals surface area (Å²) in [6.07, 6.45) is 2.01. The summed E-state index contributed by atoms with van der Waals surface area (Å²) in [5, 5.41) is 0. The SMILES string of the molecule is COC(=O)/C=C/N(CC=O)C(=O)OC(C)(C)C. The average Bonchev–Trinajstić information content (AvgIpc) is 2.20. The smallest absolute Gasteiger partial charge is 0.414 e. The van der Waals surface area contributed by atoms with Gasteiger partial charge in [0.1, 0.15) is 11.9 Å². The molecule has 0 N–H and O–H groups in total. The second-order valence-corrected chi connectivity index (χ2v) is 4.14. The van der Waals surface area contributed by atoms with Crippen LogP contribution >= 0.6 is 0 Å². The Balaban J connectivity index is 4.62. The Morgan fingerprint density at radius 2 is 1.88 bits per heavy atom. The van der Waals surface area contributed by atoms with Gasteiger partial charge in [-0.15, -0.1) is 0 Å². The van der Waals surface area contributed by atoms with Gasteiger partial charge in [0.2, 0.25) is 0 Å². The molecule has 0 aromatic rings. The van der Waals surface area contributed by atoms with E-state index in [1.165, 1.54) is 7.11 Å². The molecule has 0 rings (SSSR count). The van der Waals surface area contributed by atoms with Gasteiger partial charge in [0.05, 0.1) is 13.7 Å². The molecule has 6 heteroatoms. The molecule has 1 amide bonds. The van der Waals surface area contributed by atoms with E-state index in [-0.39, 0.29) is 6.54 Å². The number of carbonyl (C=O) groups is 3. The molecule has 0 aliphatic heterocycles. The van der Waals surface area contributed by atoms with Gasteiger partial charge < -0.3 is 14.3 Å². The summed E-state index contributed by atoms with van der Waals surface area (Å²) in [6, 6.07) is 0. The maximum Gasteiger partial charge on any atom is 0.414 e. The van der Waals surface area contributed by atoms with Crippen LogP contribution in [0, 0.1) is 0 Å². The van der Waals surface area contributed by atoms with Crippen molar-refractivity contribution in [3.63, 3.8) is 0 Å². The van der Waals surface area contributed by atoms with Gasteiger partial charge >= 0.3 is 12.1 Å². The van der Waals surface area contributed by atoms with Crippen LogP contribution in [0.3, 0.4) is 0 Å². The monoisotopic (exact) mass is 243 g/mol. The lowest BCUT2D eigenvalue weighted by molar-refractivity contribution is -0.134. The Morgan fingerprint density at radius 1 is 1.29 bits per heavy atom. The first kappa shape index (κ1) is 15.2. The van der Waals surface area contributed by atoms with E-state index in [2.05, 4.69) is 4.74 Å². The molecular formula is C11H17NO5. The van der Waals surface area contributed by atoms with Crippen molar-refractivity contribution in [1.29, 1.82) is 0 Å². The molecule has 0 atom stereocenters. The fourth-order valence-corrected chi connectivity index (χ4v) is 0.816. The van der Waals surface area contributed by atoms with Crippen LogP contribution in [0.15, 0.2) is 12.3 Å². The Bertz CT molecular complexity index is 316. The second kappa shape index (κ2) is 6.67. The number of hydrogen-bond acceptors (Lipinski definition) is 5. The molecule has 0 saturated heterocycles. The van der Waals surface area contributed by atoms with Crippen LogP contribution in [0.5, 0.6) is 0 Å². The topological polar surface area (TPSA) is 72.9 Å². The number of nitrogens with zero attached hydrogens (tertiary/aromatic N) is 1. The third-order valence-corrected chi connectivity index (χ3v) is 1.49. The van der Waals surface area contributed by atoms with Crippen molar-refractivity contribution in [1.82, 2.24) is 4.90 Å². The summed E-state index contributed by atoms with van der Waals surface area (Å²) in [5.74, 6) is -0.621. The fraction of sp³-hybridized carbons (Fsp3) is 0.545. The number of rotatable bonds is 4. The lowest BCUT2D eigenvalue weighted by Gasteiger charge is -2.23. The minimum absolute atomic E-state index is 0.192. The van der Waals surface area contributed by atoms with Gasteiger partial charge in [0.15, 0.2) is 0 Å². The van der Waals surface area contributed by atoms with Crippen molar-refractivity contribution >= 4 is 18.3 Å². The summed E-state index contributed by atoms with van der Waals surface area (Å²) in [7, 11) is 1.21. The minimum Gasteiger partial charge on any atom is -0.466 e. The number of hydrogen-bond donors (Lipinski definition) is 0. The second-order valence-electron chi connectivity index (χ2n) is 4.14. The third kappa shape index (κ3) is 7.10. The van der Waals surface area contributed by atoms with Crippen LogP contribution in [0.2, 0.25) is 0 Å². The zero-order valence-corrected chi connectivity index (χ0v) is 10.4. The lowest BCUT2D eigenvalue weighted by atomic mass is 10.2. The van der Waals surface area contributed by atoms with E-state index in [1.807, 2.05) is 0 Å². The van der Waals surface area contributed by atoms with E-state index in [9.17, 15) is 14.4 Å². The molecule has 0 spiro atoms. The van der Waals surface area contributed by atoms with Crippen LogP contribution < -0.4 is 0 Å². The number of esters is 1. The van der Waals surface area contributed by atoms with E-state index < -0.39 is 17.7 Å². The summed E-state index contributed by atoms with van der Waals surface area (Å²) in [6.45, 7) is 4.92. The van der Waals surface area contributed by atoms with Gasteiger partial charge in [0, 0.05) is 12.3 Å². The maximum absolute atomic E-state index is 11.6. The molecule has 0 radical (unpaired) electrons. The Morgan fingerprint density at radius 3 is 2.29 bits per heavy atom. The molecule has 0 unspecified atom stereocenters. The Hall–Kier alpha value is -1.85. The van der Waals surface area contributed by atoms with Crippen molar-refractivity contribution in [2.45, 2.75) is 26.4 Å². The van der Waals surface area contributed by atoms with Crippen LogP contribution in [0.25, 0.3) is 0 Å². The molecule has 96 valence electrons. The van der Waals surface area contributed by atoms with Crippen LogP contribution in [0.4, 0.5) is 4.79 Å². The van der Waals surface area contributed by atoms with Crippen molar-refractivity contribution in [3.05, 3.63) is 12.3 Å². The van der Waals surface area contributed by atoms with E-state index >= 15 is 0 Å². The van der Waals surface area contributed by atoms with Gasteiger partial charge in [-0.05, 0) is 20.8 Å². The number of amides is 1. The van der Waals surface area contributed by atoms with Gasteiger partial charge in [-0.3, -0.25) is 4.90 Å². The molecular weight excluding hydrogens is 226 g/mol. The van der Waals surface area contributed by atoms with E-state index in [4.69, 9.17) is 4.74 Å². The predicted molar refractivity (Wildman–Crippen MR) is 60.2 cm³/mol.